The maximum Gasteiger partial charge on any atom is 0.271 e. The van der Waals surface area contributed by atoms with Crippen LogP contribution >= 0.6 is 0 Å². The van der Waals surface area contributed by atoms with Gasteiger partial charge < -0.3 is 10.2 Å². The summed E-state index contributed by atoms with van der Waals surface area (Å²) in [6.07, 6.45) is 11.7. The molecular weight excluding hydrogens is 330 g/mol. The van der Waals surface area contributed by atoms with Crippen LogP contribution in [-0.4, -0.2) is 50.8 Å². The lowest BCUT2D eigenvalue weighted by Crippen LogP contribution is -2.59. The molecule has 2 aromatic heterocycles. The summed E-state index contributed by atoms with van der Waals surface area (Å²) in [7, 11) is 0. The van der Waals surface area contributed by atoms with Crippen LogP contribution in [0.5, 0.6) is 0 Å². The van der Waals surface area contributed by atoms with E-state index in [2.05, 4.69) is 20.3 Å². The number of nitrogens with one attached hydrogen (secondary N) is 1. The molecule has 0 bridgehead atoms. The van der Waals surface area contributed by atoms with E-state index in [1.165, 1.54) is 12.4 Å². The zero-order valence-electron chi connectivity index (χ0n) is 14.5. The third-order valence-electron chi connectivity index (χ3n) is 5.74. The van der Waals surface area contributed by atoms with Crippen LogP contribution < -0.4 is 5.32 Å². The standard InChI is InChI=1S/C19H21N5O2/c25-17(15-13-21-9-10-22-15)23-16-1-4-19(16)5-11-24(12-6-19)18(26)14-2-7-20-8-3-14/h2-3,7-10,13,16H,1,4-6,11-12H2,(H,23,25)/t16-/m1/s1. The van der Waals surface area contributed by atoms with Gasteiger partial charge in [-0.3, -0.25) is 19.6 Å². The lowest BCUT2D eigenvalue weighted by molar-refractivity contribution is -0.00240. The second kappa shape index (κ2) is 6.82. The molecule has 3 heterocycles. The molecule has 2 aliphatic rings. The van der Waals surface area contributed by atoms with Gasteiger partial charge in [0, 0.05) is 49.5 Å². The first-order valence-electron chi connectivity index (χ1n) is 8.94. The van der Waals surface area contributed by atoms with Crippen LogP contribution in [0.4, 0.5) is 0 Å². The van der Waals surface area contributed by atoms with E-state index in [1.807, 2.05) is 4.90 Å². The monoisotopic (exact) mass is 351 g/mol. The number of amides is 2. The Morgan fingerprint density at radius 2 is 1.81 bits per heavy atom. The Labute approximate surface area is 151 Å². The lowest BCUT2D eigenvalue weighted by atomic mass is 9.59. The van der Waals surface area contributed by atoms with Gasteiger partial charge in [-0.1, -0.05) is 0 Å². The fourth-order valence-electron chi connectivity index (χ4n) is 4.00. The molecule has 1 saturated heterocycles. The predicted octanol–water partition coefficient (Wildman–Crippen LogP) is 1.69. The topological polar surface area (TPSA) is 88.1 Å². The Hall–Kier alpha value is -2.83. The Bertz CT molecular complexity index is 788. The Kier molecular flexibility index (Phi) is 4.36. The van der Waals surface area contributed by atoms with E-state index in [1.54, 1.807) is 30.7 Å². The zero-order valence-corrected chi connectivity index (χ0v) is 14.5. The summed E-state index contributed by atoms with van der Waals surface area (Å²) in [5, 5.41) is 3.12. The highest BCUT2D eigenvalue weighted by Crippen LogP contribution is 2.49. The summed E-state index contributed by atoms with van der Waals surface area (Å²) >= 11 is 0. The van der Waals surface area contributed by atoms with Gasteiger partial charge in [0.1, 0.15) is 5.69 Å². The Balaban J connectivity index is 1.36. The average Bonchev–Trinajstić information content (AvgIpc) is 2.72. The molecule has 26 heavy (non-hydrogen) atoms. The van der Waals surface area contributed by atoms with Gasteiger partial charge in [-0.05, 0) is 43.2 Å². The Morgan fingerprint density at radius 1 is 1.04 bits per heavy atom. The molecule has 1 aliphatic carbocycles. The molecule has 0 radical (unpaired) electrons. The Morgan fingerprint density at radius 3 is 2.42 bits per heavy atom. The van der Waals surface area contributed by atoms with Gasteiger partial charge in [-0.25, -0.2) is 4.98 Å². The third kappa shape index (κ3) is 3.05. The number of aromatic nitrogens is 3. The molecule has 1 N–H and O–H groups in total. The number of pyridine rings is 1. The molecule has 134 valence electrons. The minimum Gasteiger partial charge on any atom is -0.347 e. The van der Waals surface area contributed by atoms with Crippen LogP contribution in [-0.2, 0) is 0 Å². The second-order valence-electron chi connectivity index (χ2n) is 7.05. The van der Waals surface area contributed by atoms with Gasteiger partial charge in [0.15, 0.2) is 0 Å². The summed E-state index contributed by atoms with van der Waals surface area (Å²) in [5.41, 5.74) is 1.13. The first-order valence-corrected chi connectivity index (χ1v) is 8.94. The zero-order chi connectivity index (χ0) is 18.0. The van der Waals surface area contributed by atoms with Crippen molar-refractivity contribution in [1.82, 2.24) is 25.2 Å². The molecule has 2 fully saturated rings. The number of nitrogens with zero attached hydrogens (tertiary/aromatic N) is 4. The van der Waals surface area contributed by atoms with E-state index in [0.29, 0.717) is 11.3 Å². The number of piperidine rings is 1. The van der Waals surface area contributed by atoms with E-state index in [0.717, 1.165) is 38.8 Å². The molecule has 1 aliphatic heterocycles. The van der Waals surface area contributed by atoms with Crippen LogP contribution in [0.25, 0.3) is 0 Å². The van der Waals surface area contributed by atoms with Crippen LogP contribution in [0.1, 0.15) is 46.5 Å². The van der Waals surface area contributed by atoms with Crippen LogP contribution in [0.3, 0.4) is 0 Å². The van der Waals surface area contributed by atoms with Gasteiger partial charge in [0.05, 0.1) is 6.20 Å². The number of carbonyl (C=O) groups is 2. The summed E-state index contributed by atoms with van der Waals surface area (Å²) in [6.45, 7) is 1.44. The van der Waals surface area contributed by atoms with Crippen molar-refractivity contribution < 1.29 is 9.59 Å². The van der Waals surface area contributed by atoms with E-state index < -0.39 is 0 Å². The second-order valence-corrected chi connectivity index (χ2v) is 7.05. The van der Waals surface area contributed by atoms with Crippen molar-refractivity contribution in [1.29, 1.82) is 0 Å². The normalized spacial score (nSPS) is 21.1. The van der Waals surface area contributed by atoms with E-state index >= 15 is 0 Å². The molecule has 7 nitrogen and oxygen atoms in total. The van der Waals surface area contributed by atoms with Crippen molar-refractivity contribution in [3.63, 3.8) is 0 Å². The molecule has 1 atom stereocenters. The number of rotatable bonds is 3. The first kappa shape index (κ1) is 16.6. The molecule has 2 amide bonds. The van der Waals surface area contributed by atoms with Gasteiger partial charge >= 0.3 is 0 Å². The minimum atomic E-state index is -0.169. The lowest BCUT2D eigenvalue weighted by Gasteiger charge is -2.54. The molecule has 0 unspecified atom stereocenters. The molecule has 7 heteroatoms. The number of hydrogen-bond acceptors (Lipinski definition) is 5. The number of likely N-dealkylation sites (tertiary alicyclic amines) is 1. The van der Waals surface area contributed by atoms with Crippen molar-refractivity contribution in [3.05, 3.63) is 54.4 Å². The van der Waals surface area contributed by atoms with Crippen molar-refractivity contribution >= 4 is 11.8 Å². The van der Waals surface area contributed by atoms with E-state index in [4.69, 9.17) is 0 Å². The summed E-state index contributed by atoms with van der Waals surface area (Å²) < 4.78 is 0. The summed E-state index contributed by atoms with van der Waals surface area (Å²) in [6, 6.07) is 3.65. The number of hydrogen-bond donors (Lipinski definition) is 1. The van der Waals surface area contributed by atoms with E-state index in [9.17, 15) is 9.59 Å². The fourth-order valence-corrected chi connectivity index (χ4v) is 4.00. The average molecular weight is 351 g/mol. The smallest absolute Gasteiger partial charge is 0.271 e. The SMILES string of the molecule is O=C(N[C@@H]1CCC12CCN(C(=O)c1ccncc1)CC2)c1cnccn1. The molecule has 0 aromatic carbocycles. The fraction of sp³-hybridized carbons (Fsp3) is 0.421. The van der Waals surface area contributed by atoms with Crippen molar-refractivity contribution in [3.8, 4) is 0 Å². The molecule has 2 aromatic rings. The van der Waals surface area contributed by atoms with Gasteiger partial charge in [0.25, 0.3) is 11.8 Å². The largest absolute Gasteiger partial charge is 0.347 e. The summed E-state index contributed by atoms with van der Waals surface area (Å²) in [5.74, 6) is -0.112. The highest BCUT2D eigenvalue weighted by Gasteiger charge is 2.49. The third-order valence-corrected chi connectivity index (χ3v) is 5.74. The van der Waals surface area contributed by atoms with Gasteiger partial charge in [0.2, 0.25) is 0 Å². The number of carbonyl (C=O) groups excluding carboxylic acids is 2. The van der Waals surface area contributed by atoms with Gasteiger partial charge in [-0.15, -0.1) is 0 Å². The molecule has 4 rings (SSSR count). The van der Waals surface area contributed by atoms with Crippen LogP contribution in [0.15, 0.2) is 43.1 Å². The van der Waals surface area contributed by atoms with Crippen LogP contribution in [0, 0.1) is 5.41 Å². The van der Waals surface area contributed by atoms with Gasteiger partial charge in [-0.2, -0.15) is 0 Å². The van der Waals surface area contributed by atoms with E-state index in [-0.39, 0.29) is 23.3 Å². The quantitative estimate of drug-likeness (QED) is 0.909. The van der Waals surface area contributed by atoms with Crippen molar-refractivity contribution in [2.75, 3.05) is 13.1 Å². The maximum atomic E-state index is 12.6. The molecule has 1 saturated carbocycles. The van der Waals surface area contributed by atoms with Crippen molar-refractivity contribution in [2.24, 2.45) is 5.41 Å². The first-order chi connectivity index (χ1) is 12.7. The predicted molar refractivity (Wildman–Crippen MR) is 94.3 cm³/mol. The maximum absolute atomic E-state index is 12.6. The van der Waals surface area contributed by atoms with Crippen LogP contribution in [0.2, 0.25) is 0 Å². The highest BCUT2D eigenvalue weighted by molar-refractivity contribution is 5.94. The van der Waals surface area contributed by atoms with Crippen molar-refractivity contribution in [2.45, 2.75) is 31.7 Å². The summed E-state index contributed by atoms with van der Waals surface area (Å²) in [4.78, 5) is 38.8. The highest BCUT2D eigenvalue weighted by atomic mass is 16.2. The minimum absolute atomic E-state index is 0.0571. The molecular formula is C19H21N5O2. The molecule has 1 spiro atoms.